The second-order valence-electron chi connectivity index (χ2n) is 10.0. The monoisotopic (exact) mass is 504 g/mol. The van der Waals surface area contributed by atoms with E-state index >= 15 is 0 Å². The number of nitrogens with one attached hydrogen (secondary N) is 1. The van der Waals surface area contributed by atoms with Crippen molar-refractivity contribution in [3.05, 3.63) is 76.1 Å². The molecule has 1 aliphatic rings. The first kappa shape index (κ1) is 25.1. The molecule has 1 saturated heterocycles. The van der Waals surface area contributed by atoms with Crippen LogP contribution in [0.3, 0.4) is 0 Å². The molecule has 4 aromatic rings. The number of para-hydroxylation sites is 1. The van der Waals surface area contributed by atoms with Crippen LogP contribution in [-0.4, -0.2) is 56.2 Å². The zero-order valence-electron chi connectivity index (χ0n) is 21.2. The number of nitrogens with zero attached hydrogens (tertiary/aromatic N) is 5. The molecular formula is C28H33FN6O2. The van der Waals surface area contributed by atoms with Crippen LogP contribution in [0.15, 0.2) is 53.3 Å². The lowest BCUT2D eigenvalue weighted by Gasteiger charge is -2.30. The number of benzene rings is 2. The molecule has 0 atom stereocenters. The van der Waals surface area contributed by atoms with Gasteiger partial charge in [0.2, 0.25) is 11.7 Å². The van der Waals surface area contributed by atoms with Crippen molar-refractivity contribution in [2.75, 3.05) is 26.2 Å². The average molecular weight is 505 g/mol. The minimum Gasteiger partial charge on any atom is -0.356 e. The fourth-order valence-electron chi connectivity index (χ4n) is 5.02. The molecule has 0 bridgehead atoms. The summed E-state index contributed by atoms with van der Waals surface area (Å²) < 4.78 is 16.8. The van der Waals surface area contributed by atoms with Gasteiger partial charge >= 0.3 is 0 Å². The number of aryl methyl sites for hydroxylation is 1. The highest BCUT2D eigenvalue weighted by atomic mass is 19.1. The lowest BCUT2D eigenvalue weighted by atomic mass is 9.99. The van der Waals surface area contributed by atoms with Gasteiger partial charge in [-0.25, -0.2) is 4.39 Å². The molecule has 1 N–H and O–H groups in total. The molecule has 3 heterocycles. The Morgan fingerprint density at radius 3 is 2.62 bits per heavy atom. The van der Waals surface area contributed by atoms with Gasteiger partial charge in [0.15, 0.2) is 0 Å². The molecule has 0 saturated carbocycles. The maximum Gasteiger partial charge on any atom is 0.263 e. The highest BCUT2D eigenvalue weighted by molar-refractivity contribution is 5.80. The standard InChI is InChI=1S/C28H33FN6O2/c1-20-13-17-33(18-14-20)16-4-15-30-26(36)12-11-25-31-32-28-34(19-21-7-9-22(29)10-8-21)27(37)23-5-2-3-6-24(23)35(25)28/h2-3,5-10,20H,4,11-19H2,1H3,(H,30,36). The molecule has 1 aliphatic heterocycles. The number of piperidine rings is 1. The van der Waals surface area contributed by atoms with E-state index in [1.54, 1.807) is 22.8 Å². The molecule has 9 heteroatoms. The first-order chi connectivity index (χ1) is 18.0. The predicted molar refractivity (Wildman–Crippen MR) is 141 cm³/mol. The average Bonchev–Trinajstić information content (AvgIpc) is 3.34. The largest absolute Gasteiger partial charge is 0.356 e. The molecule has 8 nitrogen and oxygen atoms in total. The Bertz CT molecular complexity index is 1440. The van der Waals surface area contributed by atoms with E-state index < -0.39 is 0 Å². The van der Waals surface area contributed by atoms with E-state index in [0.717, 1.165) is 37.5 Å². The number of likely N-dealkylation sites (tertiary alicyclic amines) is 1. The van der Waals surface area contributed by atoms with Crippen LogP contribution in [-0.2, 0) is 17.8 Å². The van der Waals surface area contributed by atoms with E-state index in [4.69, 9.17) is 0 Å². The Kier molecular flexibility index (Phi) is 7.60. The molecule has 5 rings (SSSR count). The van der Waals surface area contributed by atoms with Gasteiger partial charge in [0.25, 0.3) is 5.56 Å². The van der Waals surface area contributed by atoms with E-state index in [2.05, 4.69) is 27.3 Å². The summed E-state index contributed by atoms with van der Waals surface area (Å²) in [7, 11) is 0. The summed E-state index contributed by atoms with van der Waals surface area (Å²) in [4.78, 5) is 28.3. The van der Waals surface area contributed by atoms with Crippen LogP contribution in [0.4, 0.5) is 4.39 Å². The molecule has 0 unspecified atom stereocenters. The first-order valence-corrected chi connectivity index (χ1v) is 13.1. The number of hydrogen-bond acceptors (Lipinski definition) is 5. The van der Waals surface area contributed by atoms with E-state index in [9.17, 15) is 14.0 Å². The number of rotatable bonds is 9. The van der Waals surface area contributed by atoms with Crippen molar-refractivity contribution in [2.24, 2.45) is 5.92 Å². The summed E-state index contributed by atoms with van der Waals surface area (Å²) in [6.45, 7) is 6.52. The van der Waals surface area contributed by atoms with Crippen LogP contribution < -0.4 is 10.9 Å². The molecule has 1 fully saturated rings. The molecule has 0 aliphatic carbocycles. The van der Waals surface area contributed by atoms with E-state index in [-0.39, 0.29) is 30.2 Å². The van der Waals surface area contributed by atoms with E-state index in [0.29, 0.717) is 35.5 Å². The quantitative estimate of drug-likeness (QED) is 0.353. The van der Waals surface area contributed by atoms with E-state index in [1.807, 2.05) is 22.6 Å². The van der Waals surface area contributed by atoms with Gasteiger partial charge in [-0.2, -0.15) is 0 Å². The molecule has 194 valence electrons. The minimum absolute atomic E-state index is 0.0204. The lowest BCUT2D eigenvalue weighted by Crippen LogP contribution is -2.35. The second kappa shape index (κ2) is 11.2. The Hall–Kier alpha value is -3.59. The van der Waals surface area contributed by atoms with Crippen molar-refractivity contribution in [1.82, 2.24) is 29.4 Å². The first-order valence-electron chi connectivity index (χ1n) is 13.1. The summed E-state index contributed by atoms with van der Waals surface area (Å²) >= 11 is 0. The Labute approximate surface area is 215 Å². The van der Waals surface area contributed by atoms with Gasteiger partial charge in [0, 0.05) is 19.4 Å². The van der Waals surface area contributed by atoms with Gasteiger partial charge in [-0.05, 0) is 74.6 Å². The highest BCUT2D eigenvalue weighted by Crippen LogP contribution is 2.17. The lowest BCUT2D eigenvalue weighted by molar-refractivity contribution is -0.121. The molecule has 2 aromatic carbocycles. The number of halogens is 1. The van der Waals surface area contributed by atoms with Crippen LogP contribution in [0, 0.1) is 11.7 Å². The molecule has 1 amide bonds. The van der Waals surface area contributed by atoms with Crippen LogP contribution in [0.25, 0.3) is 16.7 Å². The second-order valence-corrected chi connectivity index (χ2v) is 10.0. The number of hydrogen-bond donors (Lipinski definition) is 1. The summed E-state index contributed by atoms with van der Waals surface area (Å²) in [6, 6.07) is 13.4. The van der Waals surface area contributed by atoms with Crippen molar-refractivity contribution in [1.29, 1.82) is 0 Å². The number of amides is 1. The van der Waals surface area contributed by atoms with Gasteiger partial charge in [-0.15, -0.1) is 10.2 Å². The summed E-state index contributed by atoms with van der Waals surface area (Å²) in [6.07, 6.45) is 4.13. The Morgan fingerprint density at radius 1 is 1.08 bits per heavy atom. The number of aromatic nitrogens is 4. The third-order valence-electron chi connectivity index (χ3n) is 7.25. The number of carbonyl (C=O) groups excluding carboxylic acids is 1. The zero-order chi connectivity index (χ0) is 25.8. The Morgan fingerprint density at radius 2 is 1.84 bits per heavy atom. The van der Waals surface area contributed by atoms with Crippen LogP contribution in [0.5, 0.6) is 0 Å². The zero-order valence-corrected chi connectivity index (χ0v) is 21.2. The summed E-state index contributed by atoms with van der Waals surface area (Å²) in [5, 5.41) is 12.2. The normalized spacial score (nSPS) is 15.0. The highest BCUT2D eigenvalue weighted by Gasteiger charge is 2.18. The van der Waals surface area contributed by atoms with Crippen LogP contribution in [0.1, 0.15) is 44.0 Å². The smallest absolute Gasteiger partial charge is 0.263 e. The maximum atomic E-state index is 13.4. The Balaban J connectivity index is 1.28. The number of fused-ring (bicyclic) bond motifs is 3. The van der Waals surface area contributed by atoms with Crippen LogP contribution >= 0.6 is 0 Å². The number of carbonyl (C=O) groups is 1. The van der Waals surface area contributed by atoms with E-state index in [1.165, 1.54) is 25.0 Å². The maximum absolute atomic E-state index is 13.4. The fourth-order valence-corrected chi connectivity index (χ4v) is 5.02. The van der Waals surface area contributed by atoms with Crippen molar-refractivity contribution in [3.63, 3.8) is 0 Å². The molecule has 0 radical (unpaired) electrons. The topological polar surface area (TPSA) is 84.5 Å². The van der Waals surface area contributed by atoms with Gasteiger partial charge in [0.1, 0.15) is 11.6 Å². The van der Waals surface area contributed by atoms with Crippen LogP contribution in [0.2, 0.25) is 0 Å². The van der Waals surface area contributed by atoms with Gasteiger partial charge in [-0.1, -0.05) is 31.2 Å². The molecular weight excluding hydrogens is 471 g/mol. The SMILES string of the molecule is CC1CCN(CCCNC(=O)CCc2nnc3n(Cc4ccc(F)cc4)c(=O)c4ccccc4n23)CC1. The molecule has 0 spiro atoms. The third-order valence-corrected chi connectivity index (χ3v) is 7.25. The fraction of sp³-hybridized carbons (Fsp3) is 0.429. The third kappa shape index (κ3) is 5.72. The van der Waals surface area contributed by atoms with Crippen molar-refractivity contribution < 1.29 is 9.18 Å². The van der Waals surface area contributed by atoms with Gasteiger partial charge in [-0.3, -0.25) is 18.6 Å². The van der Waals surface area contributed by atoms with Crippen molar-refractivity contribution >= 4 is 22.6 Å². The summed E-state index contributed by atoms with van der Waals surface area (Å²) in [5.41, 5.74) is 1.30. The van der Waals surface area contributed by atoms with Crippen molar-refractivity contribution in [3.8, 4) is 0 Å². The summed E-state index contributed by atoms with van der Waals surface area (Å²) in [5.74, 6) is 1.49. The predicted octanol–water partition coefficient (Wildman–Crippen LogP) is 3.40. The van der Waals surface area contributed by atoms with Crippen molar-refractivity contribution in [2.45, 2.75) is 45.6 Å². The minimum atomic E-state index is -0.330. The molecule has 37 heavy (non-hydrogen) atoms. The molecule has 2 aromatic heterocycles. The van der Waals surface area contributed by atoms with Gasteiger partial charge in [0.05, 0.1) is 17.4 Å². The van der Waals surface area contributed by atoms with Gasteiger partial charge < -0.3 is 10.2 Å².